The van der Waals surface area contributed by atoms with E-state index in [9.17, 15) is 8.42 Å². The zero-order valence-corrected chi connectivity index (χ0v) is 23.8. The Balaban J connectivity index is 1.06. The average Bonchev–Trinajstić information content (AvgIpc) is 3.64. The first-order chi connectivity index (χ1) is 18.8. The van der Waals surface area contributed by atoms with Gasteiger partial charge in [-0.2, -0.15) is 0 Å². The van der Waals surface area contributed by atoms with E-state index in [4.69, 9.17) is 4.98 Å². The number of piperidine rings is 2. The van der Waals surface area contributed by atoms with Crippen molar-refractivity contribution in [1.29, 1.82) is 0 Å². The molecule has 3 aliphatic heterocycles. The number of benzene rings is 2. The zero-order valence-electron chi connectivity index (χ0n) is 23.0. The SMILES string of the molecule is Cn1c(-c2ccc(S(C)(=O)=O)cc2)nc2ccc(C3CCN(C4CC5CCC(C4)N5CC4CC4)CC3)c(F)c21. The number of rotatable bonds is 6. The minimum Gasteiger partial charge on any atom is -0.325 e. The van der Waals surface area contributed by atoms with Crippen LogP contribution in [0.5, 0.6) is 0 Å². The van der Waals surface area contributed by atoms with Crippen molar-refractivity contribution < 1.29 is 12.8 Å². The Bertz CT molecular complexity index is 1480. The van der Waals surface area contributed by atoms with Crippen molar-refractivity contribution in [3.63, 3.8) is 0 Å². The molecule has 208 valence electrons. The molecule has 1 aliphatic carbocycles. The van der Waals surface area contributed by atoms with Crippen molar-refractivity contribution in [1.82, 2.24) is 19.4 Å². The summed E-state index contributed by atoms with van der Waals surface area (Å²) in [6.45, 7) is 3.45. The summed E-state index contributed by atoms with van der Waals surface area (Å²) in [7, 11) is -1.43. The molecule has 0 spiro atoms. The number of halogens is 1. The Hall–Kier alpha value is -2.29. The maximum Gasteiger partial charge on any atom is 0.175 e. The van der Waals surface area contributed by atoms with Gasteiger partial charge in [0.05, 0.1) is 10.4 Å². The molecule has 4 fully saturated rings. The molecule has 7 rings (SSSR count). The van der Waals surface area contributed by atoms with Crippen molar-refractivity contribution in [3.05, 3.63) is 47.8 Å². The number of hydrogen-bond acceptors (Lipinski definition) is 5. The Morgan fingerprint density at radius 1 is 0.897 bits per heavy atom. The van der Waals surface area contributed by atoms with E-state index >= 15 is 4.39 Å². The van der Waals surface area contributed by atoms with Gasteiger partial charge in [0, 0.05) is 43.5 Å². The summed E-state index contributed by atoms with van der Waals surface area (Å²) in [5.74, 6) is 1.68. The van der Waals surface area contributed by atoms with Crippen LogP contribution in [0.25, 0.3) is 22.4 Å². The molecule has 6 nitrogen and oxygen atoms in total. The lowest BCUT2D eigenvalue weighted by atomic mass is 9.86. The normalized spacial score (nSPS) is 27.0. The number of sulfone groups is 1. The number of nitrogens with zero attached hydrogens (tertiary/aromatic N) is 4. The van der Waals surface area contributed by atoms with Crippen LogP contribution in [0.3, 0.4) is 0 Å². The zero-order chi connectivity index (χ0) is 26.9. The molecule has 0 amide bonds. The highest BCUT2D eigenvalue weighted by atomic mass is 32.2. The molecule has 39 heavy (non-hydrogen) atoms. The maximum absolute atomic E-state index is 16.0. The van der Waals surface area contributed by atoms with Gasteiger partial charge in [0.15, 0.2) is 15.7 Å². The second-order valence-electron chi connectivity index (χ2n) is 12.6. The Morgan fingerprint density at radius 3 is 2.18 bits per heavy atom. The third-order valence-electron chi connectivity index (χ3n) is 10.1. The molecular formula is C31H39FN4O2S. The molecule has 3 aromatic rings. The average molecular weight is 551 g/mol. The number of aromatic nitrogens is 2. The van der Waals surface area contributed by atoms with E-state index in [1.165, 1.54) is 51.3 Å². The van der Waals surface area contributed by atoms with Gasteiger partial charge in [0.1, 0.15) is 11.3 Å². The van der Waals surface area contributed by atoms with Gasteiger partial charge in [-0.3, -0.25) is 4.90 Å². The Kier molecular flexibility index (Phi) is 6.36. The number of imidazole rings is 1. The standard InChI is InChI=1S/C31H39FN4O2S/c1-34-30-28(33-31(34)22-5-9-26(10-6-22)39(2,37)38)12-11-27(29(30)32)21-13-15-35(16-14-21)25-17-23-7-8-24(18-25)36(23)19-20-3-4-20/h5-6,9-12,20-21,23-25H,3-4,7-8,13-19H2,1-2H3. The van der Waals surface area contributed by atoms with Gasteiger partial charge in [-0.05, 0) is 112 Å². The van der Waals surface area contributed by atoms with E-state index in [-0.39, 0.29) is 16.6 Å². The fraction of sp³-hybridized carbons (Fsp3) is 0.581. The topological polar surface area (TPSA) is 58.4 Å². The highest BCUT2D eigenvalue weighted by Gasteiger charge is 2.44. The lowest BCUT2D eigenvalue weighted by Crippen LogP contribution is -2.52. The second-order valence-corrected chi connectivity index (χ2v) is 14.6. The molecule has 3 saturated heterocycles. The van der Waals surface area contributed by atoms with E-state index in [0.717, 1.165) is 55.1 Å². The number of likely N-dealkylation sites (tertiary alicyclic amines) is 1. The van der Waals surface area contributed by atoms with Gasteiger partial charge in [-0.15, -0.1) is 0 Å². The van der Waals surface area contributed by atoms with Gasteiger partial charge in [-0.1, -0.05) is 6.07 Å². The molecule has 4 aliphatic rings. The molecule has 2 aromatic carbocycles. The molecule has 1 saturated carbocycles. The van der Waals surface area contributed by atoms with Crippen LogP contribution < -0.4 is 0 Å². The van der Waals surface area contributed by atoms with E-state index < -0.39 is 9.84 Å². The lowest BCUT2D eigenvalue weighted by molar-refractivity contribution is 0.0437. The van der Waals surface area contributed by atoms with Gasteiger partial charge in [0.2, 0.25) is 0 Å². The van der Waals surface area contributed by atoms with Crippen molar-refractivity contribution in [3.8, 4) is 11.4 Å². The van der Waals surface area contributed by atoms with Gasteiger partial charge in [0.25, 0.3) is 0 Å². The van der Waals surface area contributed by atoms with Crippen LogP contribution in [0.2, 0.25) is 0 Å². The first-order valence-corrected chi connectivity index (χ1v) is 16.6. The quantitative estimate of drug-likeness (QED) is 0.413. The van der Waals surface area contributed by atoms with E-state index in [1.54, 1.807) is 24.3 Å². The van der Waals surface area contributed by atoms with E-state index in [2.05, 4.69) is 9.80 Å². The summed E-state index contributed by atoms with van der Waals surface area (Å²) in [6.07, 6.45) is 11.5. The predicted molar refractivity (Wildman–Crippen MR) is 152 cm³/mol. The van der Waals surface area contributed by atoms with Crippen molar-refractivity contribution >= 4 is 20.9 Å². The first-order valence-electron chi connectivity index (χ1n) is 14.7. The summed E-state index contributed by atoms with van der Waals surface area (Å²) in [6, 6.07) is 12.8. The molecule has 0 N–H and O–H groups in total. The lowest BCUT2D eigenvalue weighted by Gasteiger charge is -2.45. The second kappa shape index (κ2) is 9.67. The predicted octanol–water partition coefficient (Wildman–Crippen LogP) is 5.37. The Morgan fingerprint density at radius 2 is 1.56 bits per heavy atom. The number of aryl methyl sites for hydroxylation is 1. The number of hydrogen-bond donors (Lipinski definition) is 0. The van der Waals surface area contributed by atoms with Gasteiger partial charge >= 0.3 is 0 Å². The summed E-state index contributed by atoms with van der Waals surface area (Å²) in [5, 5.41) is 0. The van der Waals surface area contributed by atoms with Crippen molar-refractivity contribution in [2.75, 3.05) is 25.9 Å². The minimum absolute atomic E-state index is 0.161. The fourth-order valence-electron chi connectivity index (χ4n) is 7.71. The van der Waals surface area contributed by atoms with Crippen LogP contribution in [0, 0.1) is 11.7 Å². The van der Waals surface area contributed by atoms with Crippen LogP contribution in [0.1, 0.15) is 62.8 Å². The monoisotopic (exact) mass is 550 g/mol. The molecule has 8 heteroatoms. The first kappa shape index (κ1) is 25.7. The third-order valence-corrected chi connectivity index (χ3v) is 11.2. The molecule has 4 heterocycles. The molecule has 2 unspecified atom stereocenters. The molecular weight excluding hydrogens is 511 g/mol. The third kappa shape index (κ3) is 4.72. The summed E-state index contributed by atoms with van der Waals surface area (Å²) >= 11 is 0. The van der Waals surface area contributed by atoms with Crippen LogP contribution in [0.4, 0.5) is 4.39 Å². The largest absolute Gasteiger partial charge is 0.325 e. The van der Waals surface area contributed by atoms with Crippen LogP contribution >= 0.6 is 0 Å². The minimum atomic E-state index is -3.27. The highest BCUT2D eigenvalue weighted by molar-refractivity contribution is 7.90. The maximum atomic E-state index is 16.0. The molecule has 0 radical (unpaired) electrons. The number of fused-ring (bicyclic) bond motifs is 3. The van der Waals surface area contributed by atoms with Crippen LogP contribution in [-0.2, 0) is 16.9 Å². The highest BCUT2D eigenvalue weighted by Crippen LogP contribution is 2.43. The van der Waals surface area contributed by atoms with Crippen LogP contribution in [0.15, 0.2) is 41.3 Å². The summed E-state index contributed by atoms with van der Waals surface area (Å²) < 4.78 is 41.5. The van der Waals surface area contributed by atoms with Gasteiger partial charge in [-0.25, -0.2) is 17.8 Å². The Labute approximate surface area is 231 Å². The smallest absolute Gasteiger partial charge is 0.175 e. The molecule has 2 atom stereocenters. The molecule has 2 bridgehead atoms. The fourth-order valence-corrected chi connectivity index (χ4v) is 8.35. The summed E-state index contributed by atoms with van der Waals surface area (Å²) in [4.78, 5) is 10.5. The van der Waals surface area contributed by atoms with E-state index in [0.29, 0.717) is 22.9 Å². The summed E-state index contributed by atoms with van der Waals surface area (Å²) in [5.41, 5.74) is 2.74. The van der Waals surface area contributed by atoms with Gasteiger partial charge < -0.3 is 9.47 Å². The van der Waals surface area contributed by atoms with Crippen molar-refractivity contribution in [2.24, 2.45) is 13.0 Å². The van der Waals surface area contributed by atoms with Crippen molar-refractivity contribution in [2.45, 2.75) is 80.3 Å². The van der Waals surface area contributed by atoms with Crippen LogP contribution in [-0.4, -0.2) is 71.8 Å². The van der Waals surface area contributed by atoms with E-state index in [1.807, 2.05) is 23.7 Å². The molecule has 1 aromatic heterocycles.